The van der Waals surface area contributed by atoms with Gasteiger partial charge in [-0.1, -0.05) is 65.2 Å². The van der Waals surface area contributed by atoms with Crippen LogP contribution < -0.4 is 0 Å². The highest BCUT2D eigenvalue weighted by Crippen LogP contribution is 2.39. The molecule has 2 rings (SSSR count). The molecule has 0 spiro atoms. The van der Waals surface area contributed by atoms with Crippen molar-refractivity contribution in [1.29, 1.82) is 0 Å². The smallest absolute Gasteiger partial charge is 0.0748 e. The van der Waals surface area contributed by atoms with E-state index in [1.54, 1.807) is 21.5 Å². The summed E-state index contributed by atoms with van der Waals surface area (Å²) < 4.78 is 0. The number of allylic oxidation sites excluding steroid dienone is 8. The van der Waals surface area contributed by atoms with Crippen LogP contribution in [0.5, 0.6) is 0 Å². The van der Waals surface area contributed by atoms with Gasteiger partial charge >= 0.3 is 0 Å². The maximum Gasteiger partial charge on any atom is 0.0918 e. The quantitative estimate of drug-likeness (QED) is 0.627. The third-order valence-electron chi connectivity index (χ3n) is 4.96. The zero-order valence-electron chi connectivity index (χ0n) is 12.9. The monoisotopic (exact) mass is 258 g/mol. The van der Waals surface area contributed by atoms with Crippen LogP contribution in [0.25, 0.3) is 0 Å². The van der Waals surface area contributed by atoms with Crippen LogP contribution in [0, 0.1) is 11.8 Å². The molecule has 1 heteroatoms. The van der Waals surface area contributed by atoms with Gasteiger partial charge in [0.05, 0.1) is 8.80 Å². The first kappa shape index (κ1) is 13.6. The summed E-state index contributed by atoms with van der Waals surface area (Å²) in [7, 11) is -0.960. The van der Waals surface area contributed by atoms with Gasteiger partial charge < -0.3 is 0 Å². The highest BCUT2D eigenvalue weighted by Gasteiger charge is 2.31. The Bertz CT molecular complexity index is 454. The average Bonchev–Trinajstić information content (AvgIpc) is 2.66. The molecule has 0 bridgehead atoms. The zero-order valence-corrected chi connectivity index (χ0v) is 14.0. The Morgan fingerprint density at radius 1 is 0.778 bits per heavy atom. The van der Waals surface area contributed by atoms with E-state index >= 15 is 0 Å². The van der Waals surface area contributed by atoms with Crippen LogP contribution in [-0.2, 0) is 0 Å². The van der Waals surface area contributed by atoms with Gasteiger partial charge in [0.2, 0.25) is 0 Å². The summed E-state index contributed by atoms with van der Waals surface area (Å²) in [6, 6.07) is 0. The van der Waals surface area contributed by atoms with Gasteiger partial charge in [-0.15, -0.1) is 0 Å². The Labute approximate surface area is 114 Å². The van der Waals surface area contributed by atoms with Gasteiger partial charge in [0.1, 0.15) is 0 Å². The fraction of sp³-hybridized carbons (Fsp3) is 0.529. The lowest BCUT2D eigenvalue weighted by molar-refractivity contribution is 0.898. The van der Waals surface area contributed by atoms with E-state index in [4.69, 9.17) is 0 Å². The van der Waals surface area contributed by atoms with Crippen molar-refractivity contribution in [2.75, 3.05) is 0 Å². The van der Waals surface area contributed by atoms with Crippen LogP contribution in [-0.4, -0.2) is 8.80 Å². The van der Waals surface area contributed by atoms with Gasteiger partial charge in [0, 0.05) is 0 Å². The van der Waals surface area contributed by atoms with Crippen LogP contribution >= 0.6 is 0 Å². The molecule has 2 aliphatic rings. The molecule has 2 unspecified atom stereocenters. The standard InChI is InChI=1S/C17H26Si/c1-10-8-12(3)16(14(10)5)18(7)17-13(4)9-11(2)15(17)6/h8-9,12-13,18H,1-7H3. The molecule has 0 radical (unpaired) electrons. The zero-order chi connectivity index (χ0) is 13.6. The first-order chi connectivity index (χ1) is 8.34. The average molecular weight is 258 g/mol. The third kappa shape index (κ3) is 1.99. The molecular weight excluding hydrogens is 232 g/mol. The molecule has 18 heavy (non-hydrogen) atoms. The maximum atomic E-state index is 2.53. The number of rotatable bonds is 2. The summed E-state index contributed by atoms with van der Waals surface area (Å²) >= 11 is 0. The van der Waals surface area contributed by atoms with E-state index in [1.165, 1.54) is 11.1 Å². The van der Waals surface area contributed by atoms with Gasteiger partial charge in [-0.2, -0.15) is 0 Å². The minimum absolute atomic E-state index is 0.667. The van der Waals surface area contributed by atoms with E-state index in [0.29, 0.717) is 11.8 Å². The molecule has 98 valence electrons. The molecule has 0 saturated heterocycles. The third-order valence-corrected chi connectivity index (χ3v) is 8.75. The van der Waals surface area contributed by atoms with Crippen molar-refractivity contribution >= 4 is 8.80 Å². The molecule has 0 aliphatic heterocycles. The Morgan fingerprint density at radius 3 is 1.33 bits per heavy atom. The van der Waals surface area contributed by atoms with Gasteiger partial charge in [-0.3, -0.25) is 0 Å². The molecule has 0 aromatic heterocycles. The van der Waals surface area contributed by atoms with E-state index in [1.807, 2.05) is 0 Å². The first-order valence-electron chi connectivity index (χ1n) is 7.13. The molecule has 0 N–H and O–H groups in total. The van der Waals surface area contributed by atoms with Crippen molar-refractivity contribution in [2.24, 2.45) is 11.8 Å². The SMILES string of the molecule is CC1=CC(C)C([SiH](C)C2=C(C)C(C)=CC2C)=C1C. The van der Waals surface area contributed by atoms with E-state index in [-0.39, 0.29) is 0 Å². The molecular formula is C17H26Si. The summed E-state index contributed by atoms with van der Waals surface area (Å²) in [5.41, 5.74) is 6.17. The molecule has 0 fully saturated rings. The normalized spacial score (nSPS) is 29.9. The molecule has 0 nitrogen and oxygen atoms in total. The summed E-state index contributed by atoms with van der Waals surface area (Å²) in [6.07, 6.45) is 4.90. The summed E-state index contributed by atoms with van der Waals surface area (Å²) in [6.45, 7) is 16.5. The number of hydrogen-bond acceptors (Lipinski definition) is 0. The second kappa shape index (κ2) is 4.69. The van der Waals surface area contributed by atoms with Gasteiger partial charge in [-0.05, 0) is 39.5 Å². The predicted octanol–water partition coefficient (Wildman–Crippen LogP) is 4.75. The second-order valence-electron chi connectivity index (χ2n) is 6.16. The van der Waals surface area contributed by atoms with Crippen LogP contribution in [0.2, 0.25) is 6.55 Å². The summed E-state index contributed by atoms with van der Waals surface area (Å²) in [5, 5.41) is 3.55. The molecule has 2 aliphatic carbocycles. The first-order valence-corrected chi connectivity index (χ1v) is 9.44. The minimum Gasteiger partial charge on any atom is -0.0748 e. The van der Waals surface area contributed by atoms with Crippen LogP contribution in [0.4, 0.5) is 0 Å². The van der Waals surface area contributed by atoms with Crippen LogP contribution in [0.3, 0.4) is 0 Å². The topological polar surface area (TPSA) is 0 Å². The van der Waals surface area contributed by atoms with Crippen LogP contribution in [0.15, 0.2) is 44.8 Å². The van der Waals surface area contributed by atoms with Crippen molar-refractivity contribution in [3.63, 3.8) is 0 Å². The van der Waals surface area contributed by atoms with Crippen molar-refractivity contribution in [3.05, 3.63) is 44.8 Å². The highest BCUT2D eigenvalue weighted by atomic mass is 28.3. The Hall–Kier alpha value is -0.823. The lowest BCUT2D eigenvalue weighted by Gasteiger charge is -2.23. The van der Waals surface area contributed by atoms with Gasteiger partial charge in [0.15, 0.2) is 0 Å². The van der Waals surface area contributed by atoms with Crippen molar-refractivity contribution < 1.29 is 0 Å². The minimum atomic E-state index is -0.960. The van der Waals surface area contributed by atoms with Crippen molar-refractivity contribution in [1.82, 2.24) is 0 Å². The largest absolute Gasteiger partial charge is 0.0918 e. The van der Waals surface area contributed by atoms with Gasteiger partial charge in [0.25, 0.3) is 0 Å². The summed E-state index contributed by atoms with van der Waals surface area (Å²) in [5.74, 6) is 1.33. The highest BCUT2D eigenvalue weighted by molar-refractivity contribution is 6.73. The maximum absolute atomic E-state index is 2.53. The van der Waals surface area contributed by atoms with Crippen molar-refractivity contribution in [3.8, 4) is 0 Å². The lowest BCUT2D eigenvalue weighted by Crippen LogP contribution is -2.23. The Morgan fingerprint density at radius 2 is 1.11 bits per heavy atom. The van der Waals surface area contributed by atoms with Gasteiger partial charge in [-0.25, -0.2) is 0 Å². The molecule has 0 aromatic carbocycles. The van der Waals surface area contributed by atoms with Crippen LogP contribution in [0.1, 0.15) is 41.5 Å². The lowest BCUT2D eigenvalue weighted by atomic mass is 10.2. The van der Waals surface area contributed by atoms with E-state index in [0.717, 1.165) is 0 Å². The van der Waals surface area contributed by atoms with E-state index < -0.39 is 8.80 Å². The summed E-state index contributed by atoms with van der Waals surface area (Å²) in [4.78, 5) is 0. The fourth-order valence-electron chi connectivity index (χ4n) is 3.92. The Balaban J connectivity index is 2.39. The molecule has 0 heterocycles. The molecule has 0 aromatic rings. The van der Waals surface area contributed by atoms with E-state index in [2.05, 4.69) is 60.2 Å². The number of hydrogen-bond donors (Lipinski definition) is 0. The van der Waals surface area contributed by atoms with E-state index in [9.17, 15) is 0 Å². The fourth-order valence-corrected chi connectivity index (χ4v) is 7.78. The van der Waals surface area contributed by atoms with Crippen molar-refractivity contribution in [2.45, 2.75) is 48.1 Å². The predicted molar refractivity (Wildman–Crippen MR) is 84.3 cm³/mol. The second-order valence-corrected chi connectivity index (χ2v) is 8.85. The molecule has 0 amide bonds. The molecule has 2 atom stereocenters. The molecule has 0 saturated carbocycles. The Kier molecular flexibility index (Phi) is 3.55.